The van der Waals surface area contributed by atoms with Crippen LogP contribution >= 0.6 is 0 Å². The maximum Gasteiger partial charge on any atom is 0.325 e. The van der Waals surface area contributed by atoms with E-state index in [1.807, 2.05) is 11.0 Å². The largest absolute Gasteiger partial charge is 0.480 e. The molecule has 0 spiro atoms. The highest BCUT2D eigenvalue weighted by Gasteiger charge is 2.38. The van der Waals surface area contributed by atoms with E-state index in [1.165, 1.54) is 5.56 Å². The number of nitrogens with two attached hydrogens (primary N) is 1. The molecule has 0 radical (unpaired) electrons. The van der Waals surface area contributed by atoms with Gasteiger partial charge in [0.15, 0.2) is 0 Å². The van der Waals surface area contributed by atoms with Gasteiger partial charge in [-0.25, -0.2) is 4.98 Å². The van der Waals surface area contributed by atoms with Gasteiger partial charge in [0.2, 0.25) is 0 Å². The van der Waals surface area contributed by atoms with E-state index in [0.717, 1.165) is 49.9 Å². The average Bonchev–Trinajstić information content (AvgIpc) is 2.84. The van der Waals surface area contributed by atoms with Crippen molar-refractivity contribution in [3.05, 3.63) is 52.7 Å². The third-order valence-corrected chi connectivity index (χ3v) is 7.17. The summed E-state index contributed by atoms with van der Waals surface area (Å²) >= 11 is 0. The number of carbonyl (C=O) groups is 1. The van der Waals surface area contributed by atoms with Gasteiger partial charge < -0.3 is 31.4 Å². The zero-order valence-electron chi connectivity index (χ0n) is 20.9. The van der Waals surface area contributed by atoms with Crippen LogP contribution in [0.5, 0.6) is 0 Å². The molecule has 6 N–H and O–H groups in total. The van der Waals surface area contributed by atoms with Crippen LogP contribution in [0.2, 0.25) is 0 Å². The summed E-state index contributed by atoms with van der Waals surface area (Å²) in [5, 5.41) is 30.5. The van der Waals surface area contributed by atoms with Crippen molar-refractivity contribution in [3.63, 3.8) is 0 Å². The number of nitrogens with zero attached hydrogens (tertiary/aromatic N) is 2. The molecule has 0 bridgehead atoms. The number of rotatable bonds is 12. The number of aliphatic hydroxyl groups is 1. The molecule has 2 unspecified atom stereocenters. The Hall–Kier alpha value is -3.01. The van der Waals surface area contributed by atoms with Gasteiger partial charge >= 0.3 is 5.97 Å². The van der Waals surface area contributed by atoms with Crippen molar-refractivity contribution >= 4 is 23.2 Å². The number of hydrogen-bond acceptors (Lipinski definition) is 8. The van der Waals surface area contributed by atoms with Crippen LogP contribution in [0.1, 0.15) is 67.3 Å². The van der Waals surface area contributed by atoms with Crippen molar-refractivity contribution < 1.29 is 19.7 Å². The van der Waals surface area contributed by atoms with Crippen LogP contribution in [0.4, 0.5) is 11.5 Å². The van der Waals surface area contributed by atoms with Crippen LogP contribution in [0.15, 0.2) is 30.5 Å². The van der Waals surface area contributed by atoms with Crippen molar-refractivity contribution in [2.75, 3.05) is 30.7 Å². The molecule has 194 valence electrons. The minimum Gasteiger partial charge on any atom is -0.480 e. The van der Waals surface area contributed by atoms with Gasteiger partial charge in [-0.1, -0.05) is 31.0 Å². The Morgan fingerprint density at radius 3 is 2.86 bits per heavy atom. The lowest BCUT2D eigenvalue weighted by Gasteiger charge is -2.42. The summed E-state index contributed by atoms with van der Waals surface area (Å²) in [5.41, 5.74) is 10.1. The molecular weight excluding hydrogens is 458 g/mol. The van der Waals surface area contributed by atoms with Gasteiger partial charge in [0.25, 0.3) is 0 Å². The summed E-state index contributed by atoms with van der Waals surface area (Å²) in [7, 11) is 0. The second-order valence-corrected chi connectivity index (χ2v) is 9.86. The summed E-state index contributed by atoms with van der Waals surface area (Å²) in [6, 6.07) is 6.87. The van der Waals surface area contributed by atoms with E-state index in [9.17, 15) is 15.0 Å². The Balaban J connectivity index is 1.14. The Kier molecular flexibility index (Phi) is 8.56. The number of hydrogen-bond donors (Lipinski definition) is 5. The lowest BCUT2D eigenvalue weighted by atomic mass is 9.95. The molecular formula is C27H37N5O4. The van der Waals surface area contributed by atoms with E-state index in [4.69, 9.17) is 15.9 Å². The second-order valence-electron chi connectivity index (χ2n) is 9.86. The second kappa shape index (κ2) is 11.8. The first-order chi connectivity index (χ1) is 17.4. The van der Waals surface area contributed by atoms with Gasteiger partial charge in [0, 0.05) is 54.5 Å². The van der Waals surface area contributed by atoms with Gasteiger partial charge in [-0.3, -0.25) is 9.69 Å². The fourth-order valence-electron chi connectivity index (χ4n) is 5.12. The van der Waals surface area contributed by atoms with Crippen molar-refractivity contribution in [1.82, 2.24) is 9.88 Å². The number of aromatic nitrogens is 1. The number of aryl methyl sites for hydroxylation is 1. The van der Waals surface area contributed by atoms with Crippen LogP contribution in [-0.2, 0) is 22.6 Å². The van der Waals surface area contributed by atoms with E-state index in [-0.39, 0.29) is 12.7 Å². The number of pyridine rings is 1. The monoisotopic (exact) mass is 495 g/mol. The smallest absolute Gasteiger partial charge is 0.325 e. The molecule has 1 fully saturated rings. The standard InChI is InChI=1S/C27H37N5O4/c1-17(28)22-7-5-8-23(24(22)29)25(27(34)35)32-14-21(15-32)36-11-4-2-3-6-20-10-9-19-12-18(16-33)13-30-26(19)31-20/h5,7-8,12-13,20-21,25,28,33H,2-4,6,9-11,14-16,29H2,1H3,(H,30,31)(H,34,35). The molecule has 2 aliphatic heterocycles. The molecule has 4 rings (SSSR count). The minimum absolute atomic E-state index is 0.0264. The number of unbranched alkanes of at least 4 members (excludes halogenated alkanes) is 2. The van der Waals surface area contributed by atoms with Crippen molar-refractivity contribution in [2.24, 2.45) is 0 Å². The summed E-state index contributed by atoms with van der Waals surface area (Å²) in [5.74, 6) is 0.00495. The number of para-hydroxylation sites is 1. The van der Waals surface area contributed by atoms with Crippen molar-refractivity contribution in [1.29, 1.82) is 5.41 Å². The minimum atomic E-state index is -0.942. The summed E-state index contributed by atoms with van der Waals surface area (Å²) < 4.78 is 5.98. The zero-order valence-corrected chi connectivity index (χ0v) is 20.9. The Morgan fingerprint density at radius 2 is 2.14 bits per heavy atom. The predicted molar refractivity (Wildman–Crippen MR) is 139 cm³/mol. The maximum absolute atomic E-state index is 12.0. The molecule has 1 aromatic carbocycles. The number of anilines is 2. The van der Waals surface area contributed by atoms with Crippen molar-refractivity contribution in [2.45, 2.75) is 70.2 Å². The summed E-state index contributed by atoms with van der Waals surface area (Å²) in [6.45, 7) is 3.46. The first-order valence-electron chi connectivity index (χ1n) is 12.7. The Bertz CT molecular complexity index is 1090. The van der Waals surface area contributed by atoms with E-state index in [2.05, 4.69) is 10.3 Å². The first-order valence-corrected chi connectivity index (χ1v) is 12.7. The molecule has 0 saturated carbocycles. The van der Waals surface area contributed by atoms with Crippen LogP contribution in [-0.4, -0.2) is 63.6 Å². The fourth-order valence-corrected chi connectivity index (χ4v) is 5.12. The quantitative estimate of drug-likeness (QED) is 0.171. The van der Waals surface area contributed by atoms with E-state index >= 15 is 0 Å². The highest BCUT2D eigenvalue weighted by Crippen LogP contribution is 2.33. The number of fused-ring (bicyclic) bond motifs is 1. The number of benzene rings is 1. The number of nitrogen functional groups attached to an aromatic ring is 1. The van der Waals surface area contributed by atoms with E-state index in [0.29, 0.717) is 48.3 Å². The maximum atomic E-state index is 12.0. The van der Waals surface area contributed by atoms with Gasteiger partial charge in [-0.15, -0.1) is 0 Å². The number of ether oxygens (including phenoxy) is 1. The van der Waals surface area contributed by atoms with Crippen LogP contribution in [0.3, 0.4) is 0 Å². The molecule has 9 nitrogen and oxygen atoms in total. The molecule has 1 aromatic heterocycles. The van der Waals surface area contributed by atoms with E-state index in [1.54, 1.807) is 31.3 Å². The predicted octanol–water partition coefficient (Wildman–Crippen LogP) is 3.36. The third kappa shape index (κ3) is 6.03. The first kappa shape index (κ1) is 26.1. The highest BCUT2D eigenvalue weighted by molar-refractivity contribution is 6.02. The highest BCUT2D eigenvalue weighted by atomic mass is 16.5. The number of nitrogens with one attached hydrogen (secondary N) is 2. The van der Waals surface area contributed by atoms with Gasteiger partial charge in [-0.2, -0.15) is 0 Å². The SMILES string of the molecule is CC(=N)c1cccc(C(C(=O)O)N2CC(OCCCCCC3CCc4cc(CO)cnc4N3)C2)c1N. The molecule has 9 heteroatoms. The molecule has 1 saturated heterocycles. The van der Waals surface area contributed by atoms with Gasteiger partial charge in [-0.05, 0) is 49.8 Å². The molecule has 0 amide bonds. The van der Waals surface area contributed by atoms with E-state index < -0.39 is 12.0 Å². The summed E-state index contributed by atoms with van der Waals surface area (Å²) in [4.78, 5) is 18.3. The number of aliphatic carboxylic acids is 1. The zero-order chi connectivity index (χ0) is 25.7. The van der Waals surface area contributed by atoms with Crippen LogP contribution < -0.4 is 11.1 Å². The van der Waals surface area contributed by atoms with Gasteiger partial charge in [0.05, 0.1) is 12.7 Å². The molecule has 2 atom stereocenters. The molecule has 0 aliphatic carbocycles. The molecule has 3 heterocycles. The summed E-state index contributed by atoms with van der Waals surface area (Å²) in [6.07, 6.45) is 8.11. The number of likely N-dealkylation sites (tertiary alicyclic amines) is 1. The number of aliphatic hydroxyl groups excluding tert-OH is 1. The van der Waals surface area contributed by atoms with Gasteiger partial charge in [0.1, 0.15) is 11.9 Å². The fraction of sp³-hybridized carbons (Fsp3) is 0.519. The average molecular weight is 496 g/mol. The number of carboxylic acids is 1. The lowest BCUT2D eigenvalue weighted by Crippen LogP contribution is -2.55. The Labute approximate surface area is 212 Å². The topological polar surface area (TPSA) is 145 Å². The van der Waals surface area contributed by atoms with Crippen LogP contribution in [0.25, 0.3) is 0 Å². The molecule has 2 aromatic rings. The third-order valence-electron chi connectivity index (χ3n) is 7.17. The lowest BCUT2D eigenvalue weighted by molar-refractivity contribution is -0.150. The van der Waals surface area contributed by atoms with Crippen molar-refractivity contribution in [3.8, 4) is 0 Å². The van der Waals surface area contributed by atoms with Crippen LogP contribution in [0, 0.1) is 5.41 Å². The normalized spacial score (nSPS) is 18.7. The molecule has 2 aliphatic rings. The number of carboxylic acid groups (broad SMARTS) is 1. The Morgan fingerprint density at radius 1 is 1.33 bits per heavy atom. The molecule has 36 heavy (non-hydrogen) atoms.